The Morgan fingerprint density at radius 2 is 2.36 bits per heavy atom. The van der Waals surface area contributed by atoms with Gasteiger partial charge in [0, 0.05) is 13.0 Å². The lowest BCUT2D eigenvalue weighted by atomic mass is 10.2. The summed E-state index contributed by atoms with van der Waals surface area (Å²) in [6.07, 6.45) is 6.39. The molecule has 0 unspecified atom stereocenters. The Kier molecular flexibility index (Phi) is 4.36. The predicted molar refractivity (Wildman–Crippen MR) is 58.1 cm³/mol. The van der Waals surface area contributed by atoms with Crippen molar-refractivity contribution in [2.75, 3.05) is 6.54 Å². The molecule has 0 aliphatic carbocycles. The topological polar surface area (TPSA) is 32.7 Å². The standard InChI is InChI=1S/C11H18N2O/c1-3-5-6-8-13-11(14)9-10(12-13)7-4-2/h4H,2-3,5-9H2,1H3. The van der Waals surface area contributed by atoms with Crippen LogP contribution in [0.15, 0.2) is 17.8 Å². The number of hydrogen-bond acceptors (Lipinski definition) is 2. The first kappa shape index (κ1) is 11.0. The van der Waals surface area contributed by atoms with Crippen molar-refractivity contribution in [1.82, 2.24) is 5.01 Å². The Morgan fingerprint density at radius 3 is 3.00 bits per heavy atom. The molecule has 0 bridgehead atoms. The molecule has 0 aromatic carbocycles. The zero-order valence-electron chi connectivity index (χ0n) is 8.83. The third kappa shape index (κ3) is 2.98. The lowest BCUT2D eigenvalue weighted by molar-refractivity contribution is -0.128. The van der Waals surface area contributed by atoms with Crippen molar-refractivity contribution in [3.63, 3.8) is 0 Å². The number of hydrazone groups is 1. The van der Waals surface area contributed by atoms with E-state index in [9.17, 15) is 4.79 Å². The Morgan fingerprint density at radius 1 is 1.57 bits per heavy atom. The molecule has 1 amide bonds. The molecular weight excluding hydrogens is 176 g/mol. The normalized spacial score (nSPS) is 15.9. The van der Waals surface area contributed by atoms with Crippen LogP contribution in [0.4, 0.5) is 0 Å². The Balaban J connectivity index is 2.37. The molecule has 0 atom stereocenters. The number of amides is 1. The molecule has 0 radical (unpaired) electrons. The molecule has 1 heterocycles. The van der Waals surface area contributed by atoms with Crippen molar-refractivity contribution in [3.05, 3.63) is 12.7 Å². The van der Waals surface area contributed by atoms with E-state index in [0.29, 0.717) is 6.42 Å². The van der Waals surface area contributed by atoms with Gasteiger partial charge in [0.25, 0.3) is 0 Å². The van der Waals surface area contributed by atoms with Crippen molar-refractivity contribution in [2.45, 2.75) is 39.0 Å². The second kappa shape index (κ2) is 5.58. The maximum Gasteiger partial charge on any atom is 0.248 e. The van der Waals surface area contributed by atoms with Crippen LogP contribution in [0.2, 0.25) is 0 Å². The van der Waals surface area contributed by atoms with Gasteiger partial charge in [-0.05, 0) is 6.42 Å². The molecule has 0 aromatic heterocycles. The molecule has 0 spiro atoms. The Bertz CT molecular complexity index is 246. The average Bonchev–Trinajstić information content (AvgIpc) is 2.48. The van der Waals surface area contributed by atoms with Crippen molar-refractivity contribution >= 4 is 11.6 Å². The van der Waals surface area contributed by atoms with Gasteiger partial charge in [0.05, 0.1) is 12.1 Å². The molecule has 1 rings (SSSR count). The molecule has 1 aliphatic rings. The van der Waals surface area contributed by atoms with Gasteiger partial charge in [-0.25, -0.2) is 5.01 Å². The first-order chi connectivity index (χ1) is 6.77. The van der Waals surface area contributed by atoms with Gasteiger partial charge < -0.3 is 0 Å². The quantitative estimate of drug-likeness (QED) is 0.472. The SMILES string of the molecule is C=CCC1=NN(CCCCC)C(=O)C1. The molecule has 3 nitrogen and oxygen atoms in total. The van der Waals surface area contributed by atoms with Gasteiger partial charge in [0.2, 0.25) is 5.91 Å². The number of rotatable bonds is 6. The molecule has 3 heteroatoms. The van der Waals surface area contributed by atoms with E-state index in [1.165, 1.54) is 6.42 Å². The first-order valence-corrected chi connectivity index (χ1v) is 5.25. The zero-order chi connectivity index (χ0) is 10.4. The zero-order valence-corrected chi connectivity index (χ0v) is 8.83. The van der Waals surface area contributed by atoms with Crippen molar-refractivity contribution in [1.29, 1.82) is 0 Å². The first-order valence-electron chi connectivity index (χ1n) is 5.25. The van der Waals surface area contributed by atoms with Crippen LogP contribution in [0.1, 0.15) is 39.0 Å². The number of unbranched alkanes of at least 4 members (excludes halogenated alkanes) is 2. The van der Waals surface area contributed by atoms with Crippen molar-refractivity contribution in [2.24, 2.45) is 5.10 Å². The fraction of sp³-hybridized carbons (Fsp3) is 0.636. The lowest BCUT2D eigenvalue weighted by Gasteiger charge is -2.10. The number of allylic oxidation sites excluding steroid dienone is 1. The van der Waals surface area contributed by atoms with Gasteiger partial charge in [0.15, 0.2) is 0 Å². The van der Waals surface area contributed by atoms with Gasteiger partial charge in [-0.3, -0.25) is 4.79 Å². The van der Waals surface area contributed by atoms with Crippen LogP contribution in [-0.2, 0) is 4.79 Å². The second-order valence-electron chi connectivity index (χ2n) is 3.56. The van der Waals surface area contributed by atoms with Crippen LogP contribution in [0.5, 0.6) is 0 Å². The minimum atomic E-state index is 0.137. The summed E-state index contributed by atoms with van der Waals surface area (Å²) in [5.41, 5.74) is 0.946. The van der Waals surface area contributed by atoms with Gasteiger partial charge in [-0.15, -0.1) is 6.58 Å². The highest BCUT2D eigenvalue weighted by Crippen LogP contribution is 2.12. The summed E-state index contributed by atoms with van der Waals surface area (Å²) in [4.78, 5) is 11.4. The van der Waals surface area contributed by atoms with Gasteiger partial charge in [-0.1, -0.05) is 25.8 Å². The van der Waals surface area contributed by atoms with Crippen LogP contribution < -0.4 is 0 Å². The summed E-state index contributed by atoms with van der Waals surface area (Å²) in [7, 11) is 0. The summed E-state index contributed by atoms with van der Waals surface area (Å²) in [5, 5.41) is 5.87. The van der Waals surface area contributed by atoms with Crippen LogP contribution in [-0.4, -0.2) is 23.2 Å². The largest absolute Gasteiger partial charge is 0.273 e. The highest BCUT2D eigenvalue weighted by Gasteiger charge is 2.21. The number of carbonyl (C=O) groups is 1. The van der Waals surface area contributed by atoms with E-state index in [0.717, 1.165) is 31.5 Å². The van der Waals surface area contributed by atoms with E-state index in [1.807, 2.05) is 0 Å². The predicted octanol–water partition coefficient (Wildman–Crippen LogP) is 2.34. The summed E-state index contributed by atoms with van der Waals surface area (Å²) in [5.74, 6) is 0.137. The summed E-state index contributed by atoms with van der Waals surface area (Å²) >= 11 is 0. The van der Waals surface area contributed by atoms with E-state index < -0.39 is 0 Å². The maximum atomic E-state index is 11.4. The molecule has 0 saturated carbocycles. The minimum absolute atomic E-state index is 0.137. The fourth-order valence-electron chi connectivity index (χ4n) is 1.49. The number of nitrogens with zero attached hydrogens (tertiary/aromatic N) is 2. The molecule has 1 aliphatic heterocycles. The number of carbonyl (C=O) groups excluding carboxylic acids is 1. The molecule has 14 heavy (non-hydrogen) atoms. The Labute approximate surface area is 85.5 Å². The van der Waals surface area contributed by atoms with Crippen LogP contribution in [0.3, 0.4) is 0 Å². The van der Waals surface area contributed by atoms with E-state index in [1.54, 1.807) is 11.1 Å². The summed E-state index contributed by atoms with van der Waals surface area (Å²) in [6.45, 7) is 6.56. The van der Waals surface area contributed by atoms with E-state index in [2.05, 4.69) is 18.6 Å². The third-order valence-electron chi connectivity index (χ3n) is 2.26. The second-order valence-corrected chi connectivity index (χ2v) is 3.56. The van der Waals surface area contributed by atoms with Crippen LogP contribution in [0, 0.1) is 0 Å². The average molecular weight is 194 g/mol. The monoisotopic (exact) mass is 194 g/mol. The number of hydrogen-bond donors (Lipinski definition) is 0. The molecule has 0 aromatic rings. The summed E-state index contributed by atoms with van der Waals surface area (Å²) < 4.78 is 0. The van der Waals surface area contributed by atoms with Gasteiger partial charge in [0.1, 0.15) is 0 Å². The van der Waals surface area contributed by atoms with E-state index in [-0.39, 0.29) is 5.91 Å². The highest BCUT2D eigenvalue weighted by molar-refractivity contribution is 6.05. The van der Waals surface area contributed by atoms with E-state index >= 15 is 0 Å². The van der Waals surface area contributed by atoms with Crippen molar-refractivity contribution in [3.8, 4) is 0 Å². The van der Waals surface area contributed by atoms with Gasteiger partial charge >= 0.3 is 0 Å². The molecular formula is C11H18N2O. The molecule has 78 valence electrons. The highest BCUT2D eigenvalue weighted by atomic mass is 16.2. The van der Waals surface area contributed by atoms with Crippen LogP contribution in [0.25, 0.3) is 0 Å². The smallest absolute Gasteiger partial charge is 0.248 e. The molecule has 0 N–H and O–H groups in total. The van der Waals surface area contributed by atoms with Crippen LogP contribution >= 0.6 is 0 Å². The lowest BCUT2D eigenvalue weighted by Crippen LogP contribution is -2.21. The molecule has 0 saturated heterocycles. The molecule has 0 fully saturated rings. The third-order valence-corrected chi connectivity index (χ3v) is 2.26. The maximum absolute atomic E-state index is 11.4. The van der Waals surface area contributed by atoms with E-state index in [4.69, 9.17) is 0 Å². The summed E-state index contributed by atoms with van der Waals surface area (Å²) in [6, 6.07) is 0. The minimum Gasteiger partial charge on any atom is -0.273 e. The van der Waals surface area contributed by atoms with Gasteiger partial charge in [-0.2, -0.15) is 5.10 Å². The van der Waals surface area contributed by atoms with Crippen molar-refractivity contribution < 1.29 is 4.79 Å². The Hall–Kier alpha value is -1.12. The fourth-order valence-corrected chi connectivity index (χ4v) is 1.49.